The number of allylic oxidation sites excluding steroid dienone is 5. The molecule has 0 fully saturated rings. The first-order valence-corrected chi connectivity index (χ1v) is 7.93. The van der Waals surface area contributed by atoms with E-state index in [4.69, 9.17) is 4.55 Å². The highest BCUT2D eigenvalue weighted by Crippen LogP contribution is 2.13. The minimum atomic E-state index is -3.89. The van der Waals surface area contributed by atoms with E-state index < -0.39 is 10.1 Å². The van der Waals surface area contributed by atoms with Gasteiger partial charge >= 0.3 is 0 Å². The molecule has 1 atom stereocenters. The Morgan fingerprint density at radius 2 is 2.11 bits per heavy atom. The van der Waals surface area contributed by atoms with Crippen LogP contribution in [0.2, 0.25) is 0 Å². The van der Waals surface area contributed by atoms with Crippen LogP contribution in [0.4, 0.5) is 0 Å². The molecular formula is C13H21NO4S. The minimum absolute atomic E-state index is 0.00333. The molecule has 0 aromatic heterocycles. The molecule has 5 nitrogen and oxygen atoms in total. The van der Waals surface area contributed by atoms with Crippen LogP contribution in [0.5, 0.6) is 0 Å². The van der Waals surface area contributed by atoms with Gasteiger partial charge in [-0.15, -0.1) is 0 Å². The van der Waals surface area contributed by atoms with Crippen molar-refractivity contribution in [3.63, 3.8) is 0 Å². The van der Waals surface area contributed by atoms with Crippen molar-refractivity contribution in [2.24, 2.45) is 0 Å². The maximum Gasteiger partial charge on any atom is 0.264 e. The standard InChI is InChI=1S/C13H21NO4S/c15-11-13(14-8-5-9-19(16,17)18)10-12-6-3-1-2-4-7-12/h1-4,6,13-15H,5,7-11H2,(H,16,17,18)/t13-/m1/s1. The SMILES string of the molecule is O=S(=O)(O)CCCN[C@@H](CO)CC1=CC=CC=CC1. The fraction of sp³-hybridized carbons (Fsp3) is 0.538. The van der Waals surface area contributed by atoms with E-state index in [9.17, 15) is 13.5 Å². The molecule has 0 heterocycles. The van der Waals surface area contributed by atoms with Gasteiger partial charge in [0.15, 0.2) is 0 Å². The summed E-state index contributed by atoms with van der Waals surface area (Å²) >= 11 is 0. The molecule has 0 saturated carbocycles. The molecule has 19 heavy (non-hydrogen) atoms. The first-order valence-electron chi connectivity index (χ1n) is 6.32. The van der Waals surface area contributed by atoms with E-state index >= 15 is 0 Å². The van der Waals surface area contributed by atoms with E-state index in [2.05, 4.69) is 11.4 Å². The van der Waals surface area contributed by atoms with Gasteiger partial charge in [0, 0.05) is 6.04 Å². The van der Waals surface area contributed by atoms with Gasteiger partial charge in [-0.2, -0.15) is 8.42 Å². The Balaban J connectivity index is 2.31. The zero-order chi connectivity index (χ0) is 14.1. The molecule has 0 spiro atoms. The van der Waals surface area contributed by atoms with Crippen LogP contribution in [-0.4, -0.2) is 43.0 Å². The highest BCUT2D eigenvalue weighted by atomic mass is 32.2. The lowest BCUT2D eigenvalue weighted by Gasteiger charge is -2.17. The first kappa shape index (κ1) is 16.1. The van der Waals surface area contributed by atoms with Gasteiger partial charge in [-0.25, -0.2) is 0 Å². The summed E-state index contributed by atoms with van der Waals surface area (Å²) in [7, 11) is -3.89. The molecule has 0 radical (unpaired) electrons. The topological polar surface area (TPSA) is 86.6 Å². The summed E-state index contributed by atoms with van der Waals surface area (Å²) in [6.45, 7) is 0.445. The van der Waals surface area contributed by atoms with Gasteiger partial charge in [0.25, 0.3) is 10.1 Å². The van der Waals surface area contributed by atoms with E-state index in [0.717, 1.165) is 12.8 Å². The Bertz CT molecular complexity index is 451. The molecule has 1 rings (SSSR count). The van der Waals surface area contributed by atoms with Crippen molar-refractivity contribution < 1.29 is 18.1 Å². The first-order chi connectivity index (χ1) is 9.01. The summed E-state index contributed by atoms with van der Waals surface area (Å²) in [5.41, 5.74) is 1.21. The molecule has 0 aromatic rings. The number of hydrogen-bond acceptors (Lipinski definition) is 4. The molecule has 0 aromatic carbocycles. The van der Waals surface area contributed by atoms with Gasteiger partial charge < -0.3 is 10.4 Å². The predicted molar refractivity (Wildman–Crippen MR) is 75.5 cm³/mol. The van der Waals surface area contributed by atoms with E-state index in [-0.39, 0.29) is 18.4 Å². The Labute approximate surface area is 114 Å². The molecule has 108 valence electrons. The minimum Gasteiger partial charge on any atom is -0.395 e. The Hall–Kier alpha value is -0.950. The van der Waals surface area contributed by atoms with Gasteiger partial charge in [-0.1, -0.05) is 36.0 Å². The summed E-state index contributed by atoms with van der Waals surface area (Å²) in [5.74, 6) is -0.258. The lowest BCUT2D eigenvalue weighted by Crippen LogP contribution is -2.34. The summed E-state index contributed by atoms with van der Waals surface area (Å²) in [4.78, 5) is 0. The van der Waals surface area contributed by atoms with Crippen LogP contribution in [0.3, 0.4) is 0 Å². The van der Waals surface area contributed by atoms with Crippen molar-refractivity contribution in [2.75, 3.05) is 18.9 Å². The normalized spacial score (nSPS) is 17.1. The largest absolute Gasteiger partial charge is 0.395 e. The lowest BCUT2D eigenvalue weighted by atomic mass is 10.0. The molecular weight excluding hydrogens is 266 g/mol. The van der Waals surface area contributed by atoms with Crippen LogP contribution < -0.4 is 5.32 Å². The Kier molecular flexibility index (Phi) is 7.01. The molecule has 0 bridgehead atoms. The zero-order valence-electron chi connectivity index (χ0n) is 10.8. The third kappa shape index (κ3) is 7.94. The van der Waals surface area contributed by atoms with Crippen molar-refractivity contribution in [1.82, 2.24) is 5.32 Å². The smallest absolute Gasteiger partial charge is 0.264 e. The van der Waals surface area contributed by atoms with Gasteiger partial charge in [-0.05, 0) is 25.8 Å². The highest BCUT2D eigenvalue weighted by molar-refractivity contribution is 7.85. The van der Waals surface area contributed by atoms with Crippen LogP contribution in [0.25, 0.3) is 0 Å². The third-order valence-corrected chi connectivity index (χ3v) is 3.62. The second kappa shape index (κ2) is 8.27. The van der Waals surface area contributed by atoms with Crippen LogP contribution in [0.15, 0.2) is 36.0 Å². The molecule has 0 aliphatic heterocycles. The van der Waals surface area contributed by atoms with Gasteiger partial charge in [0.2, 0.25) is 0 Å². The van der Waals surface area contributed by atoms with Crippen LogP contribution in [0, 0.1) is 0 Å². The quantitative estimate of drug-likeness (QED) is 0.459. The number of aliphatic hydroxyl groups is 1. The molecule has 0 amide bonds. The monoisotopic (exact) mass is 287 g/mol. The fourth-order valence-corrected chi connectivity index (χ4v) is 2.36. The van der Waals surface area contributed by atoms with E-state index in [1.807, 2.05) is 24.3 Å². The molecule has 3 N–H and O–H groups in total. The van der Waals surface area contributed by atoms with E-state index in [0.29, 0.717) is 13.0 Å². The van der Waals surface area contributed by atoms with Crippen molar-refractivity contribution in [1.29, 1.82) is 0 Å². The third-order valence-electron chi connectivity index (χ3n) is 2.81. The molecule has 0 unspecified atom stereocenters. The van der Waals surface area contributed by atoms with Crippen LogP contribution >= 0.6 is 0 Å². The van der Waals surface area contributed by atoms with Crippen LogP contribution in [-0.2, 0) is 10.1 Å². The molecule has 1 aliphatic carbocycles. The van der Waals surface area contributed by atoms with E-state index in [1.165, 1.54) is 5.57 Å². The average Bonchev–Trinajstić information content (AvgIpc) is 2.60. The van der Waals surface area contributed by atoms with Gasteiger partial charge in [0.1, 0.15) is 0 Å². The fourth-order valence-electron chi connectivity index (χ4n) is 1.85. The lowest BCUT2D eigenvalue weighted by molar-refractivity contribution is 0.241. The average molecular weight is 287 g/mol. The maximum absolute atomic E-state index is 10.6. The second-order valence-electron chi connectivity index (χ2n) is 4.52. The summed E-state index contributed by atoms with van der Waals surface area (Å²) in [6, 6.07) is -0.0902. The zero-order valence-corrected chi connectivity index (χ0v) is 11.6. The predicted octanol–water partition coefficient (Wildman–Crippen LogP) is 1.05. The molecule has 1 aliphatic rings. The molecule has 6 heteroatoms. The summed E-state index contributed by atoms with van der Waals surface area (Å²) in [5, 5.41) is 12.4. The molecule has 0 saturated heterocycles. The van der Waals surface area contributed by atoms with Gasteiger partial charge in [-0.3, -0.25) is 4.55 Å². The van der Waals surface area contributed by atoms with E-state index in [1.54, 1.807) is 0 Å². The summed E-state index contributed by atoms with van der Waals surface area (Å²) < 4.78 is 29.7. The van der Waals surface area contributed by atoms with Crippen molar-refractivity contribution in [3.05, 3.63) is 36.0 Å². The number of nitrogens with one attached hydrogen (secondary N) is 1. The highest BCUT2D eigenvalue weighted by Gasteiger charge is 2.10. The summed E-state index contributed by atoms with van der Waals surface area (Å²) in [6.07, 6.45) is 11.9. The van der Waals surface area contributed by atoms with Crippen molar-refractivity contribution >= 4 is 10.1 Å². The number of aliphatic hydroxyl groups excluding tert-OH is 1. The van der Waals surface area contributed by atoms with Crippen molar-refractivity contribution in [3.8, 4) is 0 Å². The Morgan fingerprint density at radius 3 is 2.79 bits per heavy atom. The Morgan fingerprint density at radius 1 is 1.32 bits per heavy atom. The van der Waals surface area contributed by atoms with Crippen molar-refractivity contribution in [2.45, 2.75) is 25.3 Å². The van der Waals surface area contributed by atoms with Crippen LogP contribution in [0.1, 0.15) is 19.3 Å². The van der Waals surface area contributed by atoms with Gasteiger partial charge in [0.05, 0.1) is 12.4 Å². The number of rotatable bonds is 8. The number of hydrogen-bond donors (Lipinski definition) is 3. The second-order valence-corrected chi connectivity index (χ2v) is 6.09. The maximum atomic E-state index is 10.6.